The summed E-state index contributed by atoms with van der Waals surface area (Å²) < 4.78 is 10.5. The van der Waals surface area contributed by atoms with Crippen LogP contribution in [-0.2, 0) is 16.1 Å². The van der Waals surface area contributed by atoms with Crippen molar-refractivity contribution in [3.05, 3.63) is 58.3 Å². The van der Waals surface area contributed by atoms with Gasteiger partial charge in [0.25, 0.3) is 0 Å². The molecular weight excluding hydrogens is 412 g/mol. The number of hydrogen-bond donors (Lipinski definition) is 0. The number of nitrogens with zero attached hydrogens (tertiary/aromatic N) is 4. The highest BCUT2D eigenvalue weighted by molar-refractivity contribution is 7.13. The van der Waals surface area contributed by atoms with Gasteiger partial charge in [0.1, 0.15) is 6.04 Å². The molecule has 0 aliphatic carbocycles. The van der Waals surface area contributed by atoms with Gasteiger partial charge in [0.15, 0.2) is 0 Å². The quantitative estimate of drug-likeness (QED) is 0.552. The number of aromatic nitrogens is 2. The number of halogens is 1. The lowest BCUT2D eigenvalue weighted by Gasteiger charge is -2.37. The van der Waals surface area contributed by atoms with Crippen molar-refractivity contribution >= 4 is 28.9 Å². The number of carbonyl (C=O) groups is 1. The first kappa shape index (κ1) is 20.0. The summed E-state index contributed by atoms with van der Waals surface area (Å²) in [5.74, 6) is 0.916. The Bertz CT molecular complexity index is 954. The Kier molecular flexibility index (Phi) is 6.25. The topological polar surface area (TPSA) is 71.7 Å². The summed E-state index contributed by atoms with van der Waals surface area (Å²) in [7, 11) is 1.41. The molecule has 1 fully saturated rings. The lowest BCUT2D eigenvalue weighted by Crippen LogP contribution is -2.49. The number of methoxy groups -OCH3 is 1. The highest BCUT2D eigenvalue weighted by atomic mass is 35.5. The van der Waals surface area contributed by atoms with Crippen molar-refractivity contribution in [3.63, 3.8) is 0 Å². The van der Waals surface area contributed by atoms with Crippen LogP contribution < -0.4 is 0 Å². The average Bonchev–Trinajstić information content (AvgIpc) is 3.42. The first-order valence-corrected chi connectivity index (χ1v) is 10.6. The van der Waals surface area contributed by atoms with Crippen molar-refractivity contribution < 1.29 is 14.1 Å². The molecule has 3 heterocycles. The summed E-state index contributed by atoms with van der Waals surface area (Å²) in [5, 5.41) is 6.62. The molecule has 1 aromatic carbocycles. The molecule has 0 N–H and O–H groups in total. The van der Waals surface area contributed by atoms with E-state index in [1.165, 1.54) is 7.11 Å². The average molecular weight is 433 g/mol. The van der Waals surface area contributed by atoms with E-state index in [9.17, 15) is 4.79 Å². The van der Waals surface area contributed by atoms with Crippen LogP contribution in [0.3, 0.4) is 0 Å². The number of ether oxygens (including phenoxy) is 1. The molecule has 0 spiro atoms. The minimum Gasteiger partial charge on any atom is -0.468 e. The lowest BCUT2D eigenvalue weighted by molar-refractivity contribution is -0.148. The molecule has 0 saturated carbocycles. The van der Waals surface area contributed by atoms with Crippen LogP contribution in [0.1, 0.15) is 17.5 Å². The zero-order valence-electron chi connectivity index (χ0n) is 16.0. The predicted molar refractivity (Wildman–Crippen MR) is 111 cm³/mol. The molecule has 0 bridgehead atoms. The second kappa shape index (κ2) is 9.04. The van der Waals surface area contributed by atoms with Gasteiger partial charge in [0.05, 0.1) is 18.5 Å². The molecule has 4 rings (SSSR count). The summed E-state index contributed by atoms with van der Waals surface area (Å²) >= 11 is 7.93. The normalized spacial score (nSPS) is 16.6. The van der Waals surface area contributed by atoms with E-state index in [1.807, 2.05) is 35.7 Å². The van der Waals surface area contributed by atoms with E-state index in [1.54, 1.807) is 17.4 Å². The third-order valence-corrected chi connectivity index (χ3v) is 6.17. The molecular formula is C20H21ClN4O3S. The van der Waals surface area contributed by atoms with Gasteiger partial charge in [-0.05, 0) is 23.1 Å². The standard InChI is InChI=1S/C20H21ClN4O3S/c1-27-20(26)18(14-5-2-3-6-15(14)21)25-10-8-24(9-11-25)13-17-22-19(23-28-17)16-7-4-12-29-16/h2-7,12,18H,8-11,13H2,1H3/t18-/m1/s1. The van der Waals surface area contributed by atoms with Gasteiger partial charge < -0.3 is 9.26 Å². The number of esters is 1. The summed E-state index contributed by atoms with van der Waals surface area (Å²) in [6.07, 6.45) is 0. The van der Waals surface area contributed by atoms with Gasteiger partial charge in [-0.2, -0.15) is 4.98 Å². The van der Waals surface area contributed by atoms with E-state index in [0.717, 1.165) is 23.5 Å². The van der Waals surface area contributed by atoms with Crippen LogP contribution in [0.15, 0.2) is 46.3 Å². The molecule has 2 aromatic heterocycles. The maximum atomic E-state index is 12.5. The number of carbonyl (C=O) groups excluding carboxylic acids is 1. The molecule has 1 atom stereocenters. The zero-order valence-corrected chi connectivity index (χ0v) is 17.5. The van der Waals surface area contributed by atoms with Gasteiger partial charge in [0.2, 0.25) is 11.7 Å². The molecule has 1 saturated heterocycles. The van der Waals surface area contributed by atoms with Crippen LogP contribution in [0.4, 0.5) is 0 Å². The highest BCUT2D eigenvalue weighted by Gasteiger charge is 2.32. The fourth-order valence-corrected chi connectivity index (χ4v) is 4.37. The van der Waals surface area contributed by atoms with Gasteiger partial charge in [0, 0.05) is 31.2 Å². The van der Waals surface area contributed by atoms with Crippen LogP contribution in [0.25, 0.3) is 10.7 Å². The van der Waals surface area contributed by atoms with Crippen LogP contribution in [0.5, 0.6) is 0 Å². The molecule has 0 radical (unpaired) electrons. The van der Waals surface area contributed by atoms with E-state index in [4.69, 9.17) is 20.9 Å². The Balaban J connectivity index is 1.40. The number of piperazine rings is 1. The second-order valence-corrected chi connectivity index (χ2v) is 8.10. The summed E-state index contributed by atoms with van der Waals surface area (Å²) in [6, 6.07) is 10.8. The zero-order chi connectivity index (χ0) is 20.2. The molecule has 0 amide bonds. The molecule has 7 nitrogen and oxygen atoms in total. The molecule has 1 aliphatic heterocycles. The van der Waals surface area contributed by atoms with Crippen molar-refractivity contribution in [3.8, 4) is 10.7 Å². The minimum atomic E-state index is -0.510. The Morgan fingerprint density at radius 1 is 1.24 bits per heavy atom. The van der Waals surface area contributed by atoms with Crippen molar-refractivity contribution in [2.45, 2.75) is 12.6 Å². The molecule has 29 heavy (non-hydrogen) atoms. The van der Waals surface area contributed by atoms with Gasteiger partial charge in [-0.3, -0.25) is 9.80 Å². The van der Waals surface area contributed by atoms with Crippen molar-refractivity contribution in [1.82, 2.24) is 19.9 Å². The van der Waals surface area contributed by atoms with Crippen LogP contribution in [-0.4, -0.2) is 59.2 Å². The number of hydrogen-bond acceptors (Lipinski definition) is 8. The van der Waals surface area contributed by atoms with E-state index in [0.29, 0.717) is 36.4 Å². The smallest absolute Gasteiger partial charge is 0.327 e. The Hall–Kier alpha value is -2.26. The monoisotopic (exact) mass is 432 g/mol. The number of rotatable bonds is 6. The SMILES string of the molecule is COC(=O)[C@@H](c1ccccc1Cl)N1CCN(Cc2nc(-c3cccs3)no2)CC1. The third kappa shape index (κ3) is 4.51. The van der Waals surface area contributed by atoms with Crippen molar-refractivity contribution in [2.24, 2.45) is 0 Å². The predicted octanol–water partition coefficient (Wildman–Crippen LogP) is 3.48. The summed E-state index contributed by atoms with van der Waals surface area (Å²) in [4.78, 5) is 22.3. The highest BCUT2D eigenvalue weighted by Crippen LogP contribution is 2.29. The van der Waals surface area contributed by atoms with E-state index in [2.05, 4.69) is 19.9 Å². The van der Waals surface area contributed by atoms with E-state index < -0.39 is 6.04 Å². The maximum absolute atomic E-state index is 12.5. The number of thiophene rings is 1. The molecule has 9 heteroatoms. The first-order chi connectivity index (χ1) is 14.2. The van der Waals surface area contributed by atoms with Crippen molar-refractivity contribution in [1.29, 1.82) is 0 Å². The van der Waals surface area contributed by atoms with Gasteiger partial charge >= 0.3 is 5.97 Å². The largest absolute Gasteiger partial charge is 0.468 e. The minimum absolute atomic E-state index is 0.302. The Morgan fingerprint density at radius 2 is 2.03 bits per heavy atom. The molecule has 3 aromatic rings. The lowest BCUT2D eigenvalue weighted by atomic mass is 10.0. The fraction of sp³-hybridized carbons (Fsp3) is 0.350. The van der Waals surface area contributed by atoms with Gasteiger partial charge in [-0.1, -0.05) is 41.0 Å². The van der Waals surface area contributed by atoms with Crippen LogP contribution >= 0.6 is 22.9 Å². The third-order valence-electron chi connectivity index (χ3n) is 4.96. The van der Waals surface area contributed by atoms with E-state index in [-0.39, 0.29) is 5.97 Å². The van der Waals surface area contributed by atoms with Gasteiger partial charge in [-0.15, -0.1) is 11.3 Å². The van der Waals surface area contributed by atoms with Gasteiger partial charge in [-0.25, -0.2) is 4.79 Å². The fourth-order valence-electron chi connectivity index (χ4n) is 3.48. The maximum Gasteiger partial charge on any atom is 0.327 e. The first-order valence-electron chi connectivity index (χ1n) is 9.31. The number of benzene rings is 1. The molecule has 1 aliphatic rings. The van der Waals surface area contributed by atoms with Crippen LogP contribution in [0, 0.1) is 0 Å². The molecule has 152 valence electrons. The summed E-state index contributed by atoms with van der Waals surface area (Å²) in [6.45, 7) is 3.54. The Labute approximate surface area is 177 Å². The van der Waals surface area contributed by atoms with Crippen molar-refractivity contribution in [2.75, 3.05) is 33.3 Å². The van der Waals surface area contributed by atoms with Crippen LogP contribution in [0.2, 0.25) is 5.02 Å². The summed E-state index contributed by atoms with van der Waals surface area (Å²) in [5.41, 5.74) is 0.770. The molecule has 0 unspecified atom stereocenters. The second-order valence-electron chi connectivity index (χ2n) is 6.75. The Morgan fingerprint density at radius 3 is 2.72 bits per heavy atom. The van der Waals surface area contributed by atoms with E-state index >= 15 is 0 Å².